The van der Waals surface area contributed by atoms with Gasteiger partial charge in [-0.3, -0.25) is 10.2 Å². The smallest absolute Gasteiger partial charge is 0.344 e. The number of carbonyl (C=O) groups excluding carboxylic acids is 2. The lowest BCUT2D eigenvalue weighted by Crippen LogP contribution is -2.51. The summed E-state index contributed by atoms with van der Waals surface area (Å²) in [6, 6.07) is 18.6. The van der Waals surface area contributed by atoms with Gasteiger partial charge < -0.3 is 10.6 Å². The fourth-order valence-corrected chi connectivity index (χ4v) is 3.68. The molecule has 1 fully saturated rings. The molecule has 0 aromatic heterocycles. The van der Waals surface area contributed by atoms with Gasteiger partial charge in [-0.1, -0.05) is 48.5 Å². The van der Waals surface area contributed by atoms with Crippen LogP contribution in [0, 0.1) is 0 Å². The molecule has 1 heterocycles. The number of amides is 3. The van der Waals surface area contributed by atoms with Gasteiger partial charge in [0.15, 0.2) is 5.11 Å². The largest absolute Gasteiger partial charge is 0.360 e. The summed E-state index contributed by atoms with van der Waals surface area (Å²) in [4.78, 5) is 26.2. The minimum Gasteiger partial charge on any atom is -0.360 e. The van der Waals surface area contributed by atoms with Gasteiger partial charge >= 0.3 is 6.03 Å². The van der Waals surface area contributed by atoms with Crippen LogP contribution in [0.4, 0.5) is 4.79 Å². The molecule has 0 spiro atoms. The Morgan fingerprint density at radius 2 is 1.74 bits per heavy atom. The van der Waals surface area contributed by atoms with Crippen molar-refractivity contribution in [1.29, 1.82) is 0 Å². The lowest BCUT2D eigenvalue weighted by molar-refractivity contribution is -0.132. The van der Waals surface area contributed by atoms with Crippen LogP contribution < -0.4 is 16.1 Å². The zero-order valence-corrected chi connectivity index (χ0v) is 16.4. The van der Waals surface area contributed by atoms with Crippen LogP contribution in [0.2, 0.25) is 0 Å². The summed E-state index contributed by atoms with van der Waals surface area (Å²) in [5.41, 5.74) is 2.28. The highest BCUT2D eigenvalue weighted by molar-refractivity contribution is 7.99. The number of nitrogens with one attached hydrogen (secondary N) is 3. The highest BCUT2D eigenvalue weighted by Gasteiger charge is 2.49. The van der Waals surface area contributed by atoms with Gasteiger partial charge in [0.2, 0.25) is 0 Å². The minimum absolute atomic E-state index is 0.226. The van der Waals surface area contributed by atoms with E-state index in [0.717, 1.165) is 10.8 Å². The lowest BCUT2D eigenvalue weighted by Gasteiger charge is -2.22. The maximum Gasteiger partial charge on any atom is 0.344 e. The van der Waals surface area contributed by atoms with Gasteiger partial charge in [-0.25, -0.2) is 4.79 Å². The standard InChI is InChI=1S/C19H20N4O2S2/c1-19(14-8-4-2-5-9-14)16(24)23(18(25)21-19)22-17(26)20-12-13-27-15-10-6-3-7-11-15/h2-11H,12-13H2,1H3,(H,21,25)(H2,20,22,26)/t19-/m0/s1. The second-order valence-electron chi connectivity index (χ2n) is 6.09. The number of benzene rings is 2. The predicted octanol–water partition coefficient (Wildman–Crippen LogP) is 2.63. The van der Waals surface area contributed by atoms with Crippen molar-refractivity contribution in [1.82, 2.24) is 21.1 Å². The molecular weight excluding hydrogens is 380 g/mol. The van der Waals surface area contributed by atoms with E-state index in [-0.39, 0.29) is 5.11 Å². The Bertz CT molecular complexity index is 832. The average Bonchev–Trinajstić information content (AvgIpc) is 2.91. The average molecular weight is 401 g/mol. The van der Waals surface area contributed by atoms with Crippen LogP contribution in [-0.4, -0.2) is 34.4 Å². The molecule has 3 rings (SSSR count). The van der Waals surface area contributed by atoms with E-state index in [2.05, 4.69) is 16.1 Å². The molecule has 0 bridgehead atoms. The molecule has 0 aliphatic carbocycles. The van der Waals surface area contributed by atoms with Crippen molar-refractivity contribution < 1.29 is 9.59 Å². The first-order valence-electron chi connectivity index (χ1n) is 8.45. The van der Waals surface area contributed by atoms with Crippen LogP contribution in [0.1, 0.15) is 12.5 Å². The molecule has 3 amide bonds. The first-order valence-corrected chi connectivity index (χ1v) is 9.84. The number of nitrogens with zero attached hydrogens (tertiary/aromatic N) is 1. The molecule has 1 atom stereocenters. The highest BCUT2D eigenvalue weighted by atomic mass is 32.2. The maximum atomic E-state index is 12.8. The van der Waals surface area contributed by atoms with Crippen LogP contribution in [0.3, 0.4) is 0 Å². The quantitative estimate of drug-likeness (QED) is 0.300. The van der Waals surface area contributed by atoms with Crippen LogP contribution >= 0.6 is 24.0 Å². The molecule has 2 aromatic carbocycles. The third kappa shape index (κ3) is 4.40. The maximum absolute atomic E-state index is 12.8. The number of carbonyl (C=O) groups is 2. The van der Waals surface area contributed by atoms with E-state index < -0.39 is 17.5 Å². The second-order valence-corrected chi connectivity index (χ2v) is 7.67. The third-order valence-corrected chi connectivity index (χ3v) is 5.40. The van der Waals surface area contributed by atoms with E-state index in [9.17, 15) is 9.59 Å². The van der Waals surface area contributed by atoms with Crippen molar-refractivity contribution in [2.24, 2.45) is 0 Å². The summed E-state index contributed by atoms with van der Waals surface area (Å²) in [5.74, 6) is 0.398. The van der Waals surface area contributed by atoms with E-state index in [1.807, 2.05) is 48.5 Å². The number of thioether (sulfide) groups is 1. The van der Waals surface area contributed by atoms with Crippen molar-refractivity contribution in [2.45, 2.75) is 17.4 Å². The number of hydrogen-bond acceptors (Lipinski definition) is 4. The number of thiocarbonyl (C=S) groups is 1. The van der Waals surface area contributed by atoms with E-state index in [1.165, 1.54) is 4.90 Å². The Morgan fingerprint density at radius 1 is 1.11 bits per heavy atom. The Morgan fingerprint density at radius 3 is 2.41 bits per heavy atom. The zero-order valence-electron chi connectivity index (χ0n) is 14.8. The van der Waals surface area contributed by atoms with Gasteiger partial charge in [0.25, 0.3) is 5.91 Å². The molecule has 0 radical (unpaired) electrons. The molecule has 8 heteroatoms. The van der Waals surface area contributed by atoms with Crippen molar-refractivity contribution in [3.63, 3.8) is 0 Å². The van der Waals surface area contributed by atoms with Crippen LogP contribution in [0.5, 0.6) is 0 Å². The first-order chi connectivity index (χ1) is 13.0. The summed E-state index contributed by atoms with van der Waals surface area (Å²) >= 11 is 6.91. The van der Waals surface area contributed by atoms with Crippen molar-refractivity contribution in [2.75, 3.05) is 12.3 Å². The van der Waals surface area contributed by atoms with Crippen LogP contribution in [-0.2, 0) is 10.3 Å². The van der Waals surface area contributed by atoms with Gasteiger partial charge in [-0.2, -0.15) is 5.01 Å². The molecule has 6 nitrogen and oxygen atoms in total. The second kappa shape index (κ2) is 8.41. The molecular formula is C19H20N4O2S2. The number of imide groups is 1. The van der Waals surface area contributed by atoms with Gasteiger partial charge in [0.1, 0.15) is 5.54 Å². The lowest BCUT2D eigenvalue weighted by atomic mass is 9.92. The fraction of sp³-hybridized carbons (Fsp3) is 0.211. The number of hydrazine groups is 1. The fourth-order valence-electron chi connectivity index (χ4n) is 2.70. The summed E-state index contributed by atoms with van der Waals surface area (Å²) in [5, 5.41) is 6.89. The Balaban J connectivity index is 1.52. The molecule has 0 saturated carbocycles. The number of hydrogen-bond donors (Lipinski definition) is 3. The van der Waals surface area contributed by atoms with Gasteiger partial charge in [0, 0.05) is 17.2 Å². The third-order valence-electron chi connectivity index (χ3n) is 4.15. The Hall–Kier alpha value is -2.58. The first kappa shape index (κ1) is 19.2. The van der Waals surface area contributed by atoms with Crippen LogP contribution in [0.25, 0.3) is 0 Å². The highest BCUT2D eigenvalue weighted by Crippen LogP contribution is 2.27. The molecule has 0 unspecified atom stereocenters. The van der Waals surface area contributed by atoms with Crippen molar-refractivity contribution >= 4 is 41.0 Å². The molecule has 27 heavy (non-hydrogen) atoms. The summed E-state index contributed by atoms with van der Waals surface area (Å²) < 4.78 is 0. The van der Waals surface area contributed by atoms with Gasteiger partial charge in [-0.15, -0.1) is 11.8 Å². The number of rotatable bonds is 6. The molecule has 1 saturated heterocycles. The van der Waals surface area contributed by atoms with Crippen molar-refractivity contribution in [3.8, 4) is 0 Å². The normalized spacial score (nSPS) is 18.9. The Kier molecular flexibility index (Phi) is 5.98. The molecule has 3 N–H and O–H groups in total. The molecule has 1 aliphatic rings. The minimum atomic E-state index is -1.12. The molecule has 140 valence electrons. The monoisotopic (exact) mass is 400 g/mol. The zero-order chi connectivity index (χ0) is 19.3. The SMILES string of the molecule is C[C@@]1(c2ccccc2)NC(=O)N(NC(=S)NCCSc2ccccc2)C1=O. The summed E-state index contributed by atoms with van der Waals surface area (Å²) in [6.45, 7) is 2.28. The van der Waals surface area contributed by atoms with E-state index in [1.54, 1.807) is 30.8 Å². The molecule has 1 aliphatic heterocycles. The summed E-state index contributed by atoms with van der Waals surface area (Å²) in [7, 11) is 0. The van der Waals surface area contributed by atoms with Gasteiger partial charge in [0.05, 0.1) is 0 Å². The van der Waals surface area contributed by atoms with Gasteiger partial charge in [-0.05, 0) is 36.8 Å². The topological polar surface area (TPSA) is 73.5 Å². The van der Waals surface area contributed by atoms with E-state index >= 15 is 0 Å². The number of urea groups is 1. The van der Waals surface area contributed by atoms with Crippen LogP contribution in [0.15, 0.2) is 65.6 Å². The molecule has 2 aromatic rings. The van der Waals surface area contributed by atoms with E-state index in [4.69, 9.17) is 12.2 Å². The van der Waals surface area contributed by atoms with E-state index in [0.29, 0.717) is 12.1 Å². The van der Waals surface area contributed by atoms with Crippen molar-refractivity contribution in [3.05, 3.63) is 66.2 Å². The predicted molar refractivity (Wildman–Crippen MR) is 110 cm³/mol. The Labute approximate surface area is 167 Å². The summed E-state index contributed by atoms with van der Waals surface area (Å²) in [6.07, 6.45) is 0.